The van der Waals surface area contributed by atoms with Crippen LogP contribution in [0.2, 0.25) is 0 Å². The minimum Gasteiger partial charge on any atom is -0.356 e. The molecule has 2 heterocycles. The highest BCUT2D eigenvalue weighted by Crippen LogP contribution is 2.25. The van der Waals surface area contributed by atoms with Crippen molar-refractivity contribution in [3.63, 3.8) is 0 Å². The lowest BCUT2D eigenvalue weighted by atomic mass is 10.1. The Morgan fingerprint density at radius 2 is 2.05 bits per heavy atom. The van der Waals surface area contributed by atoms with Crippen LogP contribution < -0.4 is 10.2 Å². The molecule has 1 unspecified atom stereocenters. The number of hydrogen-bond donors (Lipinski definition) is 1. The highest BCUT2D eigenvalue weighted by molar-refractivity contribution is 5.44. The van der Waals surface area contributed by atoms with Crippen LogP contribution in [0.25, 0.3) is 0 Å². The quantitative estimate of drug-likeness (QED) is 0.894. The summed E-state index contributed by atoms with van der Waals surface area (Å²) in [5.74, 6) is 2.02. The van der Waals surface area contributed by atoms with E-state index in [-0.39, 0.29) is 5.54 Å². The van der Waals surface area contributed by atoms with Crippen LogP contribution in [0.3, 0.4) is 0 Å². The third-order valence-corrected chi connectivity index (χ3v) is 4.30. The molecule has 3 nitrogen and oxygen atoms in total. The molecule has 0 amide bonds. The van der Waals surface area contributed by atoms with Gasteiger partial charge in [0.2, 0.25) is 0 Å². The molecule has 0 radical (unpaired) electrons. The molecule has 1 aliphatic heterocycles. The van der Waals surface area contributed by atoms with Gasteiger partial charge in [-0.15, -0.1) is 0 Å². The molecule has 1 fully saturated rings. The van der Waals surface area contributed by atoms with Gasteiger partial charge in [-0.25, -0.2) is 4.98 Å². The Balaban J connectivity index is 2.14. The van der Waals surface area contributed by atoms with E-state index in [1.807, 2.05) is 0 Å². The van der Waals surface area contributed by atoms with Gasteiger partial charge >= 0.3 is 0 Å². The van der Waals surface area contributed by atoms with Crippen LogP contribution in [0.4, 0.5) is 5.82 Å². The first kappa shape index (κ1) is 16.3. The van der Waals surface area contributed by atoms with Crippen LogP contribution in [-0.2, 0) is 13.0 Å². The van der Waals surface area contributed by atoms with Crippen LogP contribution in [0.5, 0.6) is 0 Å². The Morgan fingerprint density at radius 3 is 2.62 bits per heavy atom. The molecular formula is C18H31N3. The summed E-state index contributed by atoms with van der Waals surface area (Å²) < 4.78 is 0. The van der Waals surface area contributed by atoms with E-state index in [1.54, 1.807) is 0 Å². The maximum atomic E-state index is 4.85. The van der Waals surface area contributed by atoms with E-state index >= 15 is 0 Å². The summed E-state index contributed by atoms with van der Waals surface area (Å²) in [7, 11) is 0. The van der Waals surface area contributed by atoms with E-state index in [9.17, 15) is 0 Å². The maximum Gasteiger partial charge on any atom is 0.129 e. The Labute approximate surface area is 130 Å². The van der Waals surface area contributed by atoms with Crippen molar-refractivity contribution in [1.29, 1.82) is 0 Å². The maximum absolute atomic E-state index is 4.85. The molecule has 0 aliphatic carbocycles. The lowest BCUT2D eigenvalue weighted by Crippen LogP contribution is -2.35. The van der Waals surface area contributed by atoms with Crippen LogP contribution in [-0.4, -0.2) is 23.6 Å². The summed E-state index contributed by atoms with van der Waals surface area (Å²) >= 11 is 0. The van der Waals surface area contributed by atoms with Crippen molar-refractivity contribution in [2.45, 2.75) is 66.0 Å². The summed E-state index contributed by atoms with van der Waals surface area (Å²) in [6.07, 6.45) is 3.59. The van der Waals surface area contributed by atoms with E-state index in [2.05, 4.69) is 57.0 Å². The molecule has 1 atom stereocenters. The highest BCUT2D eigenvalue weighted by atomic mass is 15.2. The van der Waals surface area contributed by atoms with Crippen molar-refractivity contribution >= 4 is 5.82 Å². The first-order chi connectivity index (χ1) is 9.91. The summed E-state index contributed by atoms with van der Waals surface area (Å²) in [4.78, 5) is 7.31. The smallest absolute Gasteiger partial charge is 0.129 e. The molecule has 21 heavy (non-hydrogen) atoms. The summed E-state index contributed by atoms with van der Waals surface area (Å²) in [6, 6.07) is 4.52. The standard InChI is InChI=1S/C18H31N3/c1-6-14-8-9-21(13-14)17-11-15(10-16(7-2)20-17)12-19-18(3,4)5/h10-11,14,19H,6-9,12-13H2,1-5H3. The fourth-order valence-electron chi connectivity index (χ4n) is 2.82. The monoisotopic (exact) mass is 289 g/mol. The average molecular weight is 289 g/mol. The van der Waals surface area contributed by atoms with E-state index in [0.717, 1.165) is 25.4 Å². The molecule has 3 heteroatoms. The number of nitrogens with one attached hydrogen (secondary N) is 1. The lowest BCUT2D eigenvalue weighted by Gasteiger charge is -2.23. The van der Waals surface area contributed by atoms with Gasteiger partial charge in [-0.05, 0) is 57.2 Å². The molecule has 0 saturated carbocycles. The molecule has 0 spiro atoms. The normalized spacial score (nSPS) is 19.3. The number of pyridine rings is 1. The van der Waals surface area contributed by atoms with Gasteiger partial charge in [-0.1, -0.05) is 20.3 Å². The third kappa shape index (κ3) is 4.70. The van der Waals surface area contributed by atoms with Gasteiger partial charge in [-0.3, -0.25) is 0 Å². The van der Waals surface area contributed by atoms with Gasteiger partial charge in [0, 0.05) is 30.9 Å². The number of hydrogen-bond acceptors (Lipinski definition) is 3. The number of aromatic nitrogens is 1. The molecule has 1 saturated heterocycles. The number of anilines is 1. The minimum absolute atomic E-state index is 0.150. The zero-order valence-corrected chi connectivity index (χ0v) is 14.4. The van der Waals surface area contributed by atoms with Crippen LogP contribution in [0.15, 0.2) is 12.1 Å². The van der Waals surface area contributed by atoms with E-state index < -0.39 is 0 Å². The van der Waals surface area contributed by atoms with Gasteiger partial charge in [0.15, 0.2) is 0 Å². The zero-order chi connectivity index (χ0) is 15.5. The summed E-state index contributed by atoms with van der Waals surface area (Å²) in [5.41, 5.74) is 2.71. The van der Waals surface area contributed by atoms with E-state index in [0.29, 0.717) is 0 Å². The number of nitrogens with zero attached hydrogens (tertiary/aromatic N) is 2. The summed E-state index contributed by atoms with van der Waals surface area (Å²) in [5, 5.41) is 3.58. The first-order valence-electron chi connectivity index (χ1n) is 8.41. The lowest BCUT2D eigenvalue weighted by molar-refractivity contribution is 0.424. The number of aryl methyl sites for hydroxylation is 1. The predicted molar refractivity (Wildman–Crippen MR) is 90.8 cm³/mol. The Bertz CT molecular complexity index is 462. The van der Waals surface area contributed by atoms with Gasteiger partial charge in [-0.2, -0.15) is 0 Å². The zero-order valence-electron chi connectivity index (χ0n) is 14.4. The molecular weight excluding hydrogens is 258 g/mol. The van der Waals surface area contributed by atoms with Gasteiger partial charge in [0.1, 0.15) is 5.82 Å². The second kappa shape index (κ2) is 6.78. The van der Waals surface area contributed by atoms with Gasteiger partial charge in [0.25, 0.3) is 0 Å². The van der Waals surface area contributed by atoms with E-state index in [1.165, 1.54) is 36.5 Å². The van der Waals surface area contributed by atoms with Crippen molar-refractivity contribution in [2.75, 3.05) is 18.0 Å². The minimum atomic E-state index is 0.150. The van der Waals surface area contributed by atoms with Gasteiger partial charge < -0.3 is 10.2 Å². The fourth-order valence-corrected chi connectivity index (χ4v) is 2.82. The second-order valence-electron chi connectivity index (χ2n) is 7.29. The van der Waals surface area contributed by atoms with Crippen LogP contribution in [0, 0.1) is 5.92 Å². The first-order valence-corrected chi connectivity index (χ1v) is 8.41. The highest BCUT2D eigenvalue weighted by Gasteiger charge is 2.22. The van der Waals surface area contributed by atoms with Crippen molar-refractivity contribution in [2.24, 2.45) is 5.92 Å². The van der Waals surface area contributed by atoms with E-state index in [4.69, 9.17) is 4.98 Å². The Morgan fingerprint density at radius 1 is 1.29 bits per heavy atom. The van der Waals surface area contributed by atoms with Crippen LogP contribution >= 0.6 is 0 Å². The Kier molecular flexibility index (Phi) is 5.26. The number of rotatable bonds is 5. The average Bonchev–Trinajstić information content (AvgIpc) is 2.93. The van der Waals surface area contributed by atoms with Crippen molar-refractivity contribution < 1.29 is 0 Å². The van der Waals surface area contributed by atoms with Gasteiger partial charge in [0.05, 0.1) is 0 Å². The molecule has 118 valence electrons. The molecule has 1 aromatic heterocycles. The molecule has 1 N–H and O–H groups in total. The molecule has 1 aromatic rings. The predicted octanol–water partition coefficient (Wildman–Crippen LogP) is 3.77. The van der Waals surface area contributed by atoms with Crippen molar-refractivity contribution in [1.82, 2.24) is 10.3 Å². The third-order valence-electron chi connectivity index (χ3n) is 4.30. The largest absolute Gasteiger partial charge is 0.356 e. The Hall–Kier alpha value is -1.09. The van der Waals surface area contributed by atoms with Crippen molar-refractivity contribution in [3.05, 3.63) is 23.4 Å². The van der Waals surface area contributed by atoms with Crippen LogP contribution in [0.1, 0.15) is 58.7 Å². The summed E-state index contributed by atoms with van der Waals surface area (Å²) in [6.45, 7) is 14.4. The SMILES string of the molecule is CCc1cc(CNC(C)(C)C)cc(N2CCC(CC)C2)n1. The second-order valence-corrected chi connectivity index (χ2v) is 7.29. The molecule has 1 aliphatic rings. The fraction of sp³-hybridized carbons (Fsp3) is 0.722. The molecule has 0 bridgehead atoms. The molecule has 0 aromatic carbocycles. The topological polar surface area (TPSA) is 28.2 Å². The molecule has 2 rings (SSSR count). The van der Waals surface area contributed by atoms with Crippen molar-refractivity contribution in [3.8, 4) is 0 Å².